The third-order valence-electron chi connectivity index (χ3n) is 6.45. The van der Waals surface area contributed by atoms with E-state index in [1.807, 2.05) is 48.2 Å². The molecule has 166 valence electrons. The number of benzene rings is 2. The number of carbonyl (C=O) groups is 1. The Morgan fingerprint density at radius 1 is 1.00 bits per heavy atom. The van der Waals surface area contributed by atoms with Crippen molar-refractivity contribution in [2.75, 3.05) is 24.5 Å². The van der Waals surface area contributed by atoms with Crippen molar-refractivity contribution in [1.82, 2.24) is 14.9 Å². The number of anilines is 1. The monoisotopic (exact) mass is 450 g/mol. The molecular weight excluding hydrogens is 423 g/mol. The molecular formula is C25H27FN4OS. The fourth-order valence-corrected chi connectivity index (χ4v) is 5.85. The van der Waals surface area contributed by atoms with E-state index in [2.05, 4.69) is 4.90 Å². The number of likely N-dealkylation sites (tertiary alicyclic amines) is 1. The number of halogens is 1. The molecule has 0 radical (unpaired) electrons. The predicted molar refractivity (Wildman–Crippen MR) is 127 cm³/mol. The van der Waals surface area contributed by atoms with Crippen LogP contribution in [-0.2, 0) is 4.79 Å². The topological polar surface area (TPSA) is 49.3 Å². The second-order valence-electron chi connectivity index (χ2n) is 8.57. The van der Waals surface area contributed by atoms with Gasteiger partial charge in [0, 0.05) is 35.2 Å². The molecule has 1 aromatic heterocycles. The molecule has 1 amide bonds. The number of para-hydroxylation sites is 1. The van der Waals surface area contributed by atoms with Crippen molar-refractivity contribution in [3.63, 3.8) is 0 Å². The standard InChI is InChI=1S/C25H27FN4OS/c1-17-21-5-2-3-6-22(21)28-25(27-17)30-14-4-7-23(30)24(31)29-15-12-20(13-16-29)32-19-10-8-18(26)9-11-19/h2-3,5-6,8-11,20,23H,4,7,12-16H2,1H3. The Bertz CT molecular complexity index is 1110. The van der Waals surface area contributed by atoms with Crippen molar-refractivity contribution >= 4 is 34.5 Å². The van der Waals surface area contributed by atoms with E-state index in [1.165, 1.54) is 12.1 Å². The number of hydrogen-bond acceptors (Lipinski definition) is 5. The van der Waals surface area contributed by atoms with Crippen molar-refractivity contribution in [1.29, 1.82) is 0 Å². The molecule has 5 nitrogen and oxygen atoms in total. The molecule has 2 aromatic carbocycles. The van der Waals surface area contributed by atoms with Crippen LogP contribution in [0.5, 0.6) is 0 Å². The highest BCUT2D eigenvalue weighted by Crippen LogP contribution is 2.32. The summed E-state index contributed by atoms with van der Waals surface area (Å²) < 4.78 is 13.1. The van der Waals surface area contributed by atoms with E-state index in [0.29, 0.717) is 11.2 Å². The summed E-state index contributed by atoms with van der Waals surface area (Å²) in [5.41, 5.74) is 1.87. The van der Waals surface area contributed by atoms with Gasteiger partial charge in [0.1, 0.15) is 11.9 Å². The Morgan fingerprint density at radius 3 is 2.53 bits per heavy atom. The van der Waals surface area contributed by atoms with Crippen LogP contribution in [0.25, 0.3) is 10.9 Å². The van der Waals surface area contributed by atoms with Crippen molar-refractivity contribution in [2.24, 2.45) is 0 Å². The minimum atomic E-state index is -0.207. The molecule has 0 N–H and O–H groups in total. The van der Waals surface area contributed by atoms with Gasteiger partial charge >= 0.3 is 0 Å². The first-order valence-electron chi connectivity index (χ1n) is 11.3. The zero-order valence-electron chi connectivity index (χ0n) is 18.2. The average molecular weight is 451 g/mol. The normalized spacial score (nSPS) is 19.6. The Kier molecular flexibility index (Phi) is 6.00. The van der Waals surface area contributed by atoms with Gasteiger partial charge in [0.25, 0.3) is 0 Å². The summed E-state index contributed by atoms with van der Waals surface area (Å²) in [7, 11) is 0. The minimum absolute atomic E-state index is 0.183. The lowest BCUT2D eigenvalue weighted by molar-refractivity contribution is -0.133. The fraction of sp³-hybridized carbons (Fsp3) is 0.400. The Balaban J connectivity index is 1.25. The van der Waals surface area contributed by atoms with Crippen molar-refractivity contribution in [2.45, 2.75) is 48.8 Å². The van der Waals surface area contributed by atoms with Gasteiger partial charge in [-0.1, -0.05) is 18.2 Å². The number of carbonyl (C=O) groups excluding carboxylic acids is 1. The fourth-order valence-electron chi connectivity index (χ4n) is 4.72. The SMILES string of the molecule is Cc1nc(N2CCCC2C(=O)N2CCC(Sc3ccc(F)cc3)CC2)nc2ccccc12. The zero-order valence-corrected chi connectivity index (χ0v) is 19.0. The molecule has 0 spiro atoms. The molecule has 2 aliphatic heterocycles. The van der Waals surface area contributed by atoms with Gasteiger partial charge in [-0.15, -0.1) is 11.8 Å². The number of piperidine rings is 1. The molecule has 2 fully saturated rings. The molecule has 5 rings (SSSR count). The van der Waals surface area contributed by atoms with Crippen LogP contribution in [0.1, 0.15) is 31.4 Å². The molecule has 1 atom stereocenters. The van der Waals surface area contributed by atoms with Gasteiger partial charge in [0.05, 0.1) is 11.2 Å². The molecule has 0 bridgehead atoms. The molecule has 3 heterocycles. The van der Waals surface area contributed by atoms with E-state index in [9.17, 15) is 9.18 Å². The smallest absolute Gasteiger partial charge is 0.245 e. The maximum Gasteiger partial charge on any atom is 0.245 e. The second kappa shape index (κ2) is 9.06. The number of aromatic nitrogens is 2. The Hall–Kier alpha value is -2.67. The highest BCUT2D eigenvalue weighted by Gasteiger charge is 2.36. The first kappa shape index (κ1) is 21.2. The van der Waals surface area contributed by atoms with Gasteiger partial charge in [-0.3, -0.25) is 4.79 Å². The summed E-state index contributed by atoms with van der Waals surface area (Å²) in [4.78, 5) is 28.1. The molecule has 2 saturated heterocycles. The van der Waals surface area contributed by atoms with Crippen molar-refractivity contribution in [3.8, 4) is 0 Å². The highest BCUT2D eigenvalue weighted by atomic mass is 32.2. The predicted octanol–water partition coefficient (Wildman–Crippen LogP) is 4.83. The average Bonchev–Trinajstić information content (AvgIpc) is 3.31. The summed E-state index contributed by atoms with van der Waals surface area (Å²) in [6.07, 6.45) is 3.72. The van der Waals surface area contributed by atoms with Crippen LogP contribution in [-0.4, -0.2) is 51.7 Å². The minimum Gasteiger partial charge on any atom is -0.341 e. The van der Waals surface area contributed by atoms with Gasteiger partial charge in [0.15, 0.2) is 0 Å². The van der Waals surface area contributed by atoms with E-state index in [0.717, 1.165) is 66.8 Å². The van der Waals surface area contributed by atoms with Gasteiger partial charge in [-0.05, 0) is 62.9 Å². The zero-order chi connectivity index (χ0) is 22.1. The number of hydrogen-bond donors (Lipinski definition) is 0. The van der Waals surface area contributed by atoms with Crippen LogP contribution in [0.4, 0.5) is 10.3 Å². The van der Waals surface area contributed by atoms with Crippen LogP contribution in [0, 0.1) is 12.7 Å². The lowest BCUT2D eigenvalue weighted by Crippen LogP contribution is -2.49. The number of fused-ring (bicyclic) bond motifs is 1. The Labute approximate surface area is 192 Å². The van der Waals surface area contributed by atoms with Crippen LogP contribution in [0.3, 0.4) is 0 Å². The first-order valence-corrected chi connectivity index (χ1v) is 12.2. The number of thioether (sulfide) groups is 1. The first-order chi connectivity index (χ1) is 15.6. The maximum atomic E-state index is 13.4. The maximum absolute atomic E-state index is 13.4. The summed E-state index contributed by atoms with van der Waals surface area (Å²) in [6.45, 7) is 4.34. The molecule has 2 aliphatic rings. The van der Waals surface area contributed by atoms with Crippen LogP contribution < -0.4 is 4.90 Å². The molecule has 32 heavy (non-hydrogen) atoms. The van der Waals surface area contributed by atoms with E-state index < -0.39 is 0 Å². The van der Waals surface area contributed by atoms with E-state index in [1.54, 1.807) is 11.8 Å². The summed E-state index contributed by atoms with van der Waals surface area (Å²) in [5.74, 6) is 0.655. The van der Waals surface area contributed by atoms with Gasteiger partial charge < -0.3 is 9.80 Å². The molecule has 3 aromatic rings. The number of aryl methyl sites for hydroxylation is 1. The summed E-state index contributed by atoms with van der Waals surface area (Å²) in [6, 6.07) is 14.5. The molecule has 0 aliphatic carbocycles. The molecule has 1 unspecified atom stereocenters. The number of nitrogens with zero attached hydrogens (tertiary/aromatic N) is 4. The van der Waals surface area contributed by atoms with Gasteiger partial charge in [-0.2, -0.15) is 0 Å². The van der Waals surface area contributed by atoms with Crippen LogP contribution in [0.2, 0.25) is 0 Å². The quantitative estimate of drug-likeness (QED) is 0.570. The van der Waals surface area contributed by atoms with E-state index >= 15 is 0 Å². The largest absolute Gasteiger partial charge is 0.341 e. The van der Waals surface area contributed by atoms with Crippen LogP contribution in [0.15, 0.2) is 53.4 Å². The third-order valence-corrected chi connectivity index (χ3v) is 7.80. The summed E-state index contributed by atoms with van der Waals surface area (Å²) in [5, 5.41) is 1.51. The van der Waals surface area contributed by atoms with Crippen molar-refractivity contribution in [3.05, 3.63) is 60.0 Å². The van der Waals surface area contributed by atoms with E-state index in [-0.39, 0.29) is 17.8 Å². The lowest BCUT2D eigenvalue weighted by Gasteiger charge is -2.35. The van der Waals surface area contributed by atoms with Gasteiger partial charge in [-0.25, -0.2) is 14.4 Å². The van der Waals surface area contributed by atoms with Crippen LogP contribution >= 0.6 is 11.8 Å². The lowest BCUT2D eigenvalue weighted by atomic mass is 10.1. The highest BCUT2D eigenvalue weighted by molar-refractivity contribution is 8.00. The number of amides is 1. The van der Waals surface area contributed by atoms with Crippen molar-refractivity contribution < 1.29 is 9.18 Å². The van der Waals surface area contributed by atoms with E-state index in [4.69, 9.17) is 9.97 Å². The number of rotatable bonds is 4. The van der Waals surface area contributed by atoms with Gasteiger partial charge in [0.2, 0.25) is 11.9 Å². The Morgan fingerprint density at radius 2 is 1.75 bits per heavy atom. The summed E-state index contributed by atoms with van der Waals surface area (Å²) >= 11 is 1.78. The second-order valence-corrected chi connectivity index (χ2v) is 9.95. The third kappa shape index (κ3) is 4.31. The molecule has 7 heteroatoms. The molecule has 0 saturated carbocycles.